The molecule has 2 aromatic rings. The minimum absolute atomic E-state index is 0.0462. The number of aliphatic hydroxyl groups is 1. The van der Waals surface area contributed by atoms with Crippen molar-refractivity contribution < 1.29 is 24.5 Å². The number of fused-ring (bicyclic) bond motifs is 1. The van der Waals surface area contributed by atoms with E-state index in [1.807, 2.05) is 13.0 Å². The van der Waals surface area contributed by atoms with E-state index < -0.39 is 17.6 Å². The van der Waals surface area contributed by atoms with E-state index in [1.54, 1.807) is 37.4 Å². The Labute approximate surface area is 194 Å². The Hall–Kier alpha value is -3.09. The summed E-state index contributed by atoms with van der Waals surface area (Å²) in [5.74, 6) is 0.170. The molecule has 2 aliphatic rings. The van der Waals surface area contributed by atoms with Crippen LogP contribution in [0.2, 0.25) is 0 Å². The summed E-state index contributed by atoms with van der Waals surface area (Å²) >= 11 is 0. The smallest absolute Gasteiger partial charge is 0.257 e. The van der Waals surface area contributed by atoms with E-state index in [4.69, 9.17) is 9.47 Å². The fraction of sp³-hybridized carbons (Fsp3) is 0.370. The van der Waals surface area contributed by atoms with Gasteiger partial charge in [-0.05, 0) is 56.4 Å². The van der Waals surface area contributed by atoms with Crippen molar-refractivity contribution in [1.29, 1.82) is 0 Å². The zero-order valence-corrected chi connectivity index (χ0v) is 19.5. The number of hydrogen-bond acceptors (Lipinski definition) is 5. The normalized spacial score (nSPS) is 26.8. The molecular weight excluding hydrogens is 418 g/mol. The highest BCUT2D eigenvalue weighted by atomic mass is 16.5. The minimum Gasteiger partial charge on any atom is -0.507 e. The van der Waals surface area contributed by atoms with Gasteiger partial charge >= 0.3 is 0 Å². The highest BCUT2D eigenvalue weighted by Gasteiger charge is 2.52. The maximum atomic E-state index is 12.9. The highest BCUT2D eigenvalue weighted by Crippen LogP contribution is 2.51. The fourth-order valence-electron chi connectivity index (χ4n) is 5.23. The molecule has 1 aliphatic carbocycles. The number of nitrogens with one attached hydrogen (secondary N) is 1. The number of carbonyl (C=O) groups excluding carboxylic acids is 1. The molecule has 1 heterocycles. The molecule has 1 amide bonds. The van der Waals surface area contributed by atoms with E-state index in [0.717, 1.165) is 18.4 Å². The number of allylic oxidation sites excluding steroid dienone is 3. The van der Waals surface area contributed by atoms with E-state index in [2.05, 4.69) is 24.9 Å². The van der Waals surface area contributed by atoms with Gasteiger partial charge in [0.15, 0.2) is 11.7 Å². The molecule has 2 aromatic carbocycles. The lowest BCUT2D eigenvalue weighted by molar-refractivity contribution is -0.142. The molecule has 0 saturated carbocycles. The Balaban J connectivity index is 1.95. The van der Waals surface area contributed by atoms with Gasteiger partial charge in [-0.2, -0.15) is 0 Å². The van der Waals surface area contributed by atoms with E-state index in [1.165, 1.54) is 12.7 Å². The predicted octanol–water partition coefficient (Wildman–Crippen LogP) is 4.62. The predicted molar refractivity (Wildman–Crippen MR) is 128 cm³/mol. The molecule has 0 bridgehead atoms. The number of anilines is 1. The second-order valence-corrected chi connectivity index (χ2v) is 9.06. The van der Waals surface area contributed by atoms with Crippen molar-refractivity contribution in [3.05, 3.63) is 76.9 Å². The minimum atomic E-state index is -1.90. The lowest BCUT2D eigenvalue weighted by atomic mass is 9.71. The number of rotatable bonds is 5. The van der Waals surface area contributed by atoms with Gasteiger partial charge in [0.25, 0.3) is 5.91 Å². The van der Waals surface area contributed by atoms with E-state index >= 15 is 0 Å². The van der Waals surface area contributed by atoms with Crippen molar-refractivity contribution in [2.45, 2.75) is 44.3 Å². The zero-order valence-electron chi connectivity index (χ0n) is 19.5. The molecule has 33 heavy (non-hydrogen) atoms. The first-order valence-corrected chi connectivity index (χ1v) is 11.1. The van der Waals surface area contributed by atoms with Crippen LogP contribution in [0.25, 0.3) is 0 Å². The highest BCUT2D eigenvalue weighted by molar-refractivity contribution is 6.00. The Kier molecular flexibility index (Phi) is 6.08. The number of phenolic OH excluding ortho intramolecular Hbond substituents is 1. The van der Waals surface area contributed by atoms with Gasteiger partial charge in [-0.25, -0.2) is 0 Å². The number of phenols is 1. The van der Waals surface area contributed by atoms with Crippen LogP contribution < -0.4 is 10.1 Å². The van der Waals surface area contributed by atoms with Crippen LogP contribution in [0, 0.1) is 5.92 Å². The largest absolute Gasteiger partial charge is 0.507 e. The molecule has 1 aliphatic heterocycles. The van der Waals surface area contributed by atoms with Gasteiger partial charge in [0.05, 0.1) is 18.4 Å². The summed E-state index contributed by atoms with van der Waals surface area (Å²) < 4.78 is 10.7. The number of methoxy groups -OCH3 is 2. The first kappa shape index (κ1) is 23.1. The van der Waals surface area contributed by atoms with Crippen LogP contribution in [-0.2, 0) is 15.1 Å². The molecule has 4 atom stereocenters. The Morgan fingerprint density at radius 1 is 1.18 bits per heavy atom. The number of carbonyl (C=O) groups is 1. The fourth-order valence-corrected chi connectivity index (χ4v) is 5.23. The van der Waals surface area contributed by atoms with Crippen LogP contribution in [0.1, 0.15) is 49.3 Å². The Bertz CT molecular complexity index is 1120. The van der Waals surface area contributed by atoms with E-state index in [-0.39, 0.29) is 23.1 Å². The molecule has 174 valence electrons. The van der Waals surface area contributed by atoms with Crippen molar-refractivity contribution in [2.24, 2.45) is 5.92 Å². The molecule has 4 rings (SSSR count). The van der Waals surface area contributed by atoms with Gasteiger partial charge in [0.2, 0.25) is 0 Å². The van der Waals surface area contributed by atoms with Gasteiger partial charge in [-0.1, -0.05) is 42.0 Å². The number of aromatic hydroxyl groups is 1. The average molecular weight is 450 g/mol. The third-order valence-electron chi connectivity index (χ3n) is 6.97. The Morgan fingerprint density at radius 2 is 1.88 bits per heavy atom. The first-order valence-electron chi connectivity index (χ1n) is 11.1. The number of hydrogen-bond donors (Lipinski definition) is 3. The van der Waals surface area contributed by atoms with Crippen LogP contribution in [0.3, 0.4) is 0 Å². The molecule has 0 aromatic heterocycles. The number of benzene rings is 2. The molecule has 0 fully saturated rings. The second-order valence-electron chi connectivity index (χ2n) is 9.06. The lowest BCUT2D eigenvalue weighted by Crippen LogP contribution is -2.52. The summed E-state index contributed by atoms with van der Waals surface area (Å²) in [6, 6.07) is 10.3. The molecule has 0 unspecified atom stereocenters. The van der Waals surface area contributed by atoms with Crippen LogP contribution in [0.4, 0.5) is 5.69 Å². The summed E-state index contributed by atoms with van der Waals surface area (Å²) in [5.41, 5.74) is 2.11. The zero-order chi connectivity index (χ0) is 23.9. The first-order chi connectivity index (χ1) is 15.7. The molecule has 6 nitrogen and oxygen atoms in total. The summed E-state index contributed by atoms with van der Waals surface area (Å²) in [7, 11) is 2.93. The second kappa shape index (κ2) is 8.69. The van der Waals surface area contributed by atoms with Crippen molar-refractivity contribution in [2.75, 3.05) is 19.5 Å². The molecule has 0 radical (unpaired) electrons. The summed E-state index contributed by atoms with van der Waals surface area (Å²) in [6.45, 7) is 8.28. The average Bonchev–Trinajstić information content (AvgIpc) is 2.79. The van der Waals surface area contributed by atoms with Crippen molar-refractivity contribution in [1.82, 2.24) is 0 Å². The van der Waals surface area contributed by atoms with Crippen LogP contribution >= 0.6 is 0 Å². The van der Waals surface area contributed by atoms with E-state index in [0.29, 0.717) is 22.6 Å². The number of amides is 1. The maximum absolute atomic E-state index is 12.9. The van der Waals surface area contributed by atoms with E-state index in [9.17, 15) is 15.0 Å². The third kappa shape index (κ3) is 3.73. The van der Waals surface area contributed by atoms with Gasteiger partial charge < -0.3 is 25.0 Å². The third-order valence-corrected chi connectivity index (χ3v) is 6.97. The monoisotopic (exact) mass is 449 g/mol. The molecule has 3 N–H and O–H groups in total. The lowest BCUT2D eigenvalue weighted by Gasteiger charge is -2.41. The molecule has 0 saturated heterocycles. The SMILES string of the molecule is C=C(C)[C@@H]1CCC(C)=C[C@@H]1c1ccc2c(c1O)[C@@](O)(c1ccc(OC)cc1)[C@H](OC)C(=O)N2. The number of ether oxygens (including phenoxy) is 2. The van der Waals surface area contributed by atoms with Crippen molar-refractivity contribution in [3.63, 3.8) is 0 Å². The summed E-state index contributed by atoms with van der Waals surface area (Å²) in [4.78, 5) is 12.9. The van der Waals surface area contributed by atoms with Gasteiger partial charge in [0, 0.05) is 18.6 Å². The molecular formula is C27H31NO5. The Morgan fingerprint density at radius 3 is 2.48 bits per heavy atom. The van der Waals surface area contributed by atoms with Crippen LogP contribution in [0.5, 0.6) is 11.5 Å². The van der Waals surface area contributed by atoms with Gasteiger partial charge in [-0.15, -0.1) is 0 Å². The molecule has 6 heteroatoms. The summed E-state index contributed by atoms with van der Waals surface area (Å²) in [6.07, 6.45) is 2.85. The summed E-state index contributed by atoms with van der Waals surface area (Å²) in [5, 5.41) is 26.5. The molecule has 0 spiro atoms. The van der Waals surface area contributed by atoms with Crippen molar-refractivity contribution in [3.8, 4) is 11.5 Å². The quantitative estimate of drug-likeness (QED) is 0.580. The standard InChI is InChI=1S/C27H31NO5/c1-15(2)19-11-6-16(3)14-21(19)20-12-13-22-23(24(20)29)27(31,25(33-5)26(30)28-22)17-7-9-18(32-4)10-8-17/h7-10,12-14,19,21,25,29,31H,1,6,11H2,2-5H3,(H,28,30)/t19-,21-,25+,27-/m0/s1. The van der Waals surface area contributed by atoms with Crippen LogP contribution in [-0.4, -0.2) is 36.4 Å². The van der Waals surface area contributed by atoms with Gasteiger partial charge in [0.1, 0.15) is 11.5 Å². The van der Waals surface area contributed by atoms with Crippen molar-refractivity contribution >= 4 is 11.6 Å². The maximum Gasteiger partial charge on any atom is 0.257 e. The topological polar surface area (TPSA) is 88.0 Å². The van der Waals surface area contributed by atoms with Crippen LogP contribution in [0.15, 0.2) is 60.2 Å². The van der Waals surface area contributed by atoms with Gasteiger partial charge in [-0.3, -0.25) is 4.79 Å².